The molecule has 3 nitrogen and oxygen atoms in total. The normalized spacial score (nSPS) is 15.4. The summed E-state index contributed by atoms with van der Waals surface area (Å²) in [6.45, 7) is 2.14. The first kappa shape index (κ1) is 13.9. The molecule has 1 aliphatic rings. The van der Waals surface area contributed by atoms with Crippen LogP contribution in [0.15, 0.2) is 23.1 Å². The van der Waals surface area contributed by atoms with Crippen LogP contribution in [0.2, 0.25) is 0 Å². The molecular formula is C13H19NO2S2. The lowest BCUT2D eigenvalue weighted by molar-refractivity contribution is 0.583. The van der Waals surface area contributed by atoms with E-state index in [1.165, 1.54) is 28.2 Å². The van der Waals surface area contributed by atoms with Crippen LogP contribution in [-0.2, 0) is 22.9 Å². The second-order valence-corrected chi connectivity index (χ2v) is 7.67. The van der Waals surface area contributed by atoms with Gasteiger partial charge in [0.05, 0.1) is 5.75 Å². The van der Waals surface area contributed by atoms with Crippen LogP contribution in [0.1, 0.15) is 24.5 Å². The van der Waals surface area contributed by atoms with Gasteiger partial charge in [0, 0.05) is 11.4 Å². The number of sulfonamides is 1. The number of thioether (sulfide) groups is 1. The lowest BCUT2D eigenvalue weighted by Crippen LogP contribution is -2.27. The monoisotopic (exact) mass is 285 g/mol. The first-order valence-corrected chi connectivity index (χ1v) is 8.96. The maximum atomic E-state index is 11.3. The summed E-state index contributed by atoms with van der Waals surface area (Å²) in [5.41, 5.74) is 2.64. The quantitative estimate of drug-likeness (QED) is 0.902. The summed E-state index contributed by atoms with van der Waals surface area (Å²) >= 11 is 1.92. The van der Waals surface area contributed by atoms with Gasteiger partial charge < -0.3 is 0 Å². The summed E-state index contributed by atoms with van der Waals surface area (Å²) in [5, 5.41) is 0. The fraction of sp³-hybridized carbons (Fsp3) is 0.538. The SMILES string of the molecule is CCS(=O)(=O)NCCc1ccc2c(c1)CCCS2. The first-order chi connectivity index (χ1) is 8.61. The zero-order chi connectivity index (χ0) is 13.0. The van der Waals surface area contributed by atoms with E-state index in [1.54, 1.807) is 6.92 Å². The number of hydrogen-bond donors (Lipinski definition) is 1. The first-order valence-electron chi connectivity index (χ1n) is 6.32. The van der Waals surface area contributed by atoms with Crippen LogP contribution >= 0.6 is 11.8 Å². The molecule has 0 unspecified atom stereocenters. The third-order valence-electron chi connectivity index (χ3n) is 3.09. The Labute approximate surface area is 113 Å². The third-order valence-corrected chi connectivity index (χ3v) is 5.69. The van der Waals surface area contributed by atoms with E-state index in [9.17, 15) is 8.42 Å². The second kappa shape index (κ2) is 6.08. The summed E-state index contributed by atoms with van der Waals surface area (Å²) in [6, 6.07) is 6.50. The molecule has 0 radical (unpaired) electrons. The van der Waals surface area contributed by atoms with Crippen LogP contribution in [0.4, 0.5) is 0 Å². The van der Waals surface area contributed by atoms with Crippen molar-refractivity contribution in [1.82, 2.24) is 4.72 Å². The minimum Gasteiger partial charge on any atom is -0.215 e. The van der Waals surface area contributed by atoms with Crippen molar-refractivity contribution in [3.05, 3.63) is 29.3 Å². The van der Waals surface area contributed by atoms with Crippen molar-refractivity contribution >= 4 is 21.8 Å². The Balaban J connectivity index is 1.94. The summed E-state index contributed by atoms with van der Waals surface area (Å²) in [4.78, 5) is 1.39. The maximum absolute atomic E-state index is 11.3. The Morgan fingerprint density at radius 2 is 2.22 bits per heavy atom. The summed E-state index contributed by atoms with van der Waals surface area (Å²) in [6.07, 6.45) is 3.15. The Morgan fingerprint density at radius 1 is 1.39 bits per heavy atom. The van der Waals surface area contributed by atoms with Crippen molar-refractivity contribution in [3.63, 3.8) is 0 Å². The van der Waals surface area contributed by atoms with E-state index < -0.39 is 10.0 Å². The fourth-order valence-electron chi connectivity index (χ4n) is 2.02. The predicted octanol–water partition coefficient (Wildman–Crippen LogP) is 2.21. The van der Waals surface area contributed by atoms with Gasteiger partial charge >= 0.3 is 0 Å². The molecule has 18 heavy (non-hydrogen) atoms. The fourth-order valence-corrected chi connectivity index (χ4v) is 3.66. The highest BCUT2D eigenvalue weighted by Crippen LogP contribution is 2.30. The van der Waals surface area contributed by atoms with Crippen LogP contribution in [0.3, 0.4) is 0 Å². The van der Waals surface area contributed by atoms with Gasteiger partial charge in [-0.25, -0.2) is 13.1 Å². The zero-order valence-corrected chi connectivity index (χ0v) is 12.2. The van der Waals surface area contributed by atoms with E-state index in [0.717, 1.165) is 12.8 Å². The van der Waals surface area contributed by atoms with E-state index in [0.29, 0.717) is 6.54 Å². The zero-order valence-electron chi connectivity index (χ0n) is 10.6. The highest BCUT2D eigenvalue weighted by Gasteiger charge is 2.10. The smallest absolute Gasteiger partial charge is 0.211 e. The highest BCUT2D eigenvalue weighted by atomic mass is 32.2. The van der Waals surface area contributed by atoms with Crippen LogP contribution < -0.4 is 4.72 Å². The molecule has 0 saturated heterocycles. The van der Waals surface area contributed by atoms with E-state index >= 15 is 0 Å². The van der Waals surface area contributed by atoms with Crippen molar-refractivity contribution < 1.29 is 8.42 Å². The van der Waals surface area contributed by atoms with Crippen molar-refractivity contribution in [2.75, 3.05) is 18.1 Å². The van der Waals surface area contributed by atoms with Gasteiger partial charge in [0.15, 0.2) is 0 Å². The van der Waals surface area contributed by atoms with Crippen LogP contribution in [0.5, 0.6) is 0 Å². The van der Waals surface area contributed by atoms with E-state index in [4.69, 9.17) is 0 Å². The standard InChI is InChI=1S/C13H19NO2S2/c1-2-18(15,16)14-8-7-11-5-6-13-12(10-11)4-3-9-17-13/h5-6,10,14H,2-4,7-9H2,1H3. The van der Waals surface area contributed by atoms with Gasteiger partial charge in [-0.1, -0.05) is 12.1 Å². The summed E-state index contributed by atoms with van der Waals surface area (Å²) < 4.78 is 25.2. The van der Waals surface area contributed by atoms with Gasteiger partial charge in [-0.15, -0.1) is 11.8 Å². The molecule has 2 rings (SSSR count). The molecule has 0 spiro atoms. The number of nitrogens with one attached hydrogen (secondary N) is 1. The van der Waals surface area contributed by atoms with E-state index in [2.05, 4.69) is 22.9 Å². The Bertz CT molecular complexity index is 512. The van der Waals surface area contributed by atoms with Crippen molar-refractivity contribution in [2.24, 2.45) is 0 Å². The molecule has 0 aliphatic carbocycles. The van der Waals surface area contributed by atoms with Gasteiger partial charge in [0.1, 0.15) is 0 Å². The number of aryl methyl sites for hydroxylation is 1. The highest BCUT2D eigenvalue weighted by molar-refractivity contribution is 7.99. The molecule has 5 heteroatoms. The molecule has 1 N–H and O–H groups in total. The average Bonchev–Trinajstić information content (AvgIpc) is 2.38. The van der Waals surface area contributed by atoms with Crippen molar-refractivity contribution in [2.45, 2.75) is 31.1 Å². The van der Waals surface area contributed by atoms with Crippen molar-refractivity contribution in [1.29, 1.82) is 0 Å². The van der Waals surface area contributed by atoms with Gasteiger partial charge in [0.2, 0.25) is 10.0 Å². The summed E-state index contributed by atoms with van der Waals surface area (Å²) in [7, 11) is -3.06. The lowest BCUT2D eigenvalue weighted by Gasteiger charge is -2.16. The Kier molecular flexibility index (Phi) is 4.70. The number of benzene rings is 1. The molecule has 1 aromatic rings. The predicted molar refractivity (Wildman–Crippen MR) is 76.7 cm³/mol. The topological polar surface area (TPSA) is 46.2 Å². The van der Waals surface area contributed by atoms with Gasteiger partial charge in [-0.05, 0) is 49.1 Å². The van der Waals surface area contributed by atoms with Gasteiger partial charge in [-0.3, -0.25) is 0 Å². The Hall–Kier alpha value is -0.520. The minimum atomic E-state index is -3.06. The van der Waals surface area contributed by atoms with Crippen LogP contribution in [-0.4, -0.2) is 26.5 Å². The van der Waals surface area contributed by atoms with E-state index in [-0.39, 0.29) is 5.75 Å². The van der Waals surface area contributed by atoms with Gasteiger partial charge in [0.25, 0.3) is 0 Å². The van der Waals surface area contributed by atoms with E-state index in [1.807, 2.05) is 11.8 Å². The molecule has 1 aliphatic heterocycles. The molecule has 0 amide bonds. The second-order valence-electron chi connectivity index (χ2n) is 4.44. The van der Waals surface area contributed by atoms with Crippen LogP contribution in [0, 0.1) is 0 Å². The minimum absolute atomic E-state index is 0.147. The Morgan fingerprint density at radius 3 is 3.00 bits per heavy atom. The van der Waals surface area contributed by atoms with Gasteiger partial charge in [-0.2, -0.15) is 0 Å². The molecule has 0 atom stereocenters. The molecule has 0 bridgehead atoms. The number of fused-ring (bicyclic) bond motifs is 1. The largest absolute Gasteiger partial charge is 0.215 e. The molecule has 0 aromatic heterocycles. The molecule has 0 fully saturated rings. The summed E-state index contributed by atoms with van der Waals surface area (Å²) in [5.74, 6) is 1.36. The van der Waals surface area contributed by atoms with Crippen LogP contribution in [0.25, 0.3) is 0 Å². The molecule has 100 valence electrons. The molecule has 1 aromatic carbocycles. The third kappa shape index (κ3) is 3.73. The molecular weight excluding hydrogens is 266 g/mol. The molecule has 0 saturated carbocycles. The molecule has 1 heterocycles. The average molecular weight is 285 g/mol. The number of rotatable bonds is 5. The maximum Gasteiger partial charge on any atom is 0.211 e. The lowest BCUT2D eigenvalue weighted by atomic mass is 10.0. The van der Waals surface area contributed by atoms with Crippen molar-refractivity contribution in [3.8, 4) is 0 Å². The number of hydrogen-bond acceptors (Lipinski definition) is 3.